The molecular formula is C17H22FNO. The van der Waals surface area contributed by atoms with Crippen molar-refractivity contribution in [3.63, 3.8) is 0 Å². The van der Waals surface area contributed by atoms with Gasteiger partial charge in [0.05, 0.1) is 0 Å². The summed E-state index contributed by atoms with van der Waals surface area (Å²) in [5, 5.41) is 8.64. The lowest BCUT2D eigenvalue weighted by molar-refractivity contribution is 0.121. The Kier molecular flexibility index (Phi) is 5.17. The van der Waals surface area contributed by atoms with Crippen molar-refractivity contribution in [3.8, 4) is 11.8 Å². The Hall–Kier alpha value is -1.37. The average Bonchev–Trinajstić information content (AvgIpc) is 2.42. The summed E-state index contributed by atoms with van der Waals surface area (Å²) in [6.07, 6.45) is 2.37. The van der Waals surface area contributed by atoms with Crippen LogP contribution in [0.1, 0.15) is 37.8 Å². The number of aliphatic hydroxyl groups is 1. The minimum absolute atomic E-state index is 0.202. The van der Waals surface area contributed by atoms with E-state index in [4.69, 9.17) is 5.11 Å². The van der Waals surface area contributed by atoms with Crippen LogP contribution in [-0.4, -0.2) is 29.2 Å². The van der Waals surface area contributed by atoms with E-state index in [1.54, 1.807) is 0 Å². The van der Waals surface area contributed by atoms with Crippen molar-refractivity contribution in [2.24, 2.45) is 5.92 Å². The molecule has 0 saturated carbocycles. The summed E-state index contributed by atoms with van der Waals surface area (Å²) in [5.41, 5.74) is 1.33. The lowest BCUT2D eigenvalue weighted by Crippen LogP contribution is -2.39. The second-order valence-corrected chi connectivity index (χ2v) is 5.72. The summed E-state index contributed by atoms with van der Waals surface area (Å²) in [4.78, 5) is 2.34. The molecule has 3 heteroatoms. The van der Waals surface area contributed by atoms with Gasteiger partial charge in [-0.3, -0.25) is 4.90 Å². The SMILES string of the molecule is CC1CCN(Cc2ccc(C#CCO)cc2F)C(C)C1. The van der Waals surface area contributed by atoms with E-state index in [1.165, 1.54) is 18.9 Å². The highest BCUT2D eigenvalue weighted by molar-refractivity contribution is 5.37. The second kappa shape index (κ2) is 6.88. The van der Waals surface area contributed by atoms with Crippen molar-refractivity contribution in [3.05, 3.63) is 35.1 Å². The maximum atomic E-state index is 14.1. The molecule has 1 aliphatic rings. The van der Waals surface area contributed by atoms with E-state index < -0.39 is 0 Å². The number of piperidine rings is 1. The molecule has 1 fully saturated rings. The van der Waals surface area contributed by atoms with Crippen LogP contribution in [0.4, 0.5) is 4.39 Å². The zero-order valence-corrected chi connectivity index (χ0v) is 12.2. The zero-order chi connectivity index (χ0) is 14.5. The molecule has 0 amide bonds. The van der Waals surface area contributed by atoms with E-state index in [0.717, 1.165) is 18.0 Å². The molecule has 1 heterocycles. The van der Waals surface area contributed by atoms with Crippen molar-refractivity contribution in [2.45, 2.75) is 39.3 Å². The highest BCUT2D eigenvalue weighted by atomic mass is 19.1. The van der Waals surface area contributed by atoms with Crippen LogP contribution in [0.25, 0.3) is 0 Å². The third-order valence-electron chi connectivity index (χ3n) is 4.01. The van der Waals surface area contributed by atoms with E-state index in [0.29, 0.717) is 18.2 Å². The molecule has 1 aromatic rings. The molecule has 2 rings (SSSR count). The molecule has 0 radical (unpaired) electrons. The van der Waals surface area contributed by atoms with Gasteiger partial charge >= 0.3 is 0 Å². The molecule has 20 heavy (non-hydrogen) atoms. The van der Waals surface area contributed by atoms with Crippen LogP contribution in [0, 0.1) is 23.6 Å². The summed E-state index contributed by atoms with van der Waals surface area (Å²) >= 11 is 0. The molecule has 0 aliphatic carbocycles. The maximum Gasteiger partial charge on any atom is 0.128 e. The van der Waals surface area contributed by atoms with Crippen LogP contribution in [-0.2, 0) is 6.54 Å². The molecule has 2 atom stereocenters. The molecule has 0 bridgehead atoms. The zero-order valence-electron chi connectivity index (χ0n) is 12.2. The maximum absolute atomic E-state index is 14.1. The number of hydrogen-bond acceptors (Lipinski definition) is 2. The van der Waals surface area contributed by atoms with Gasteiger partial charge in [0.25, 0.3) is 0 Å². The summed E-state index contributed by atoms with van der Waals surface area (Å²) in [5.74, 6) is 5.82. The molecule has 2 unspecified atom stereocenters. The van der Waals surface area contributed by atoms with Gasteiger partial charge in [0.15, 0.2) is 0 Å². The Morgan fingerprint density at radius 3 is 2.85 bits per heavy atom. The van der Waals surface area contributed by atoms with Gasteiger partial charge in [0.1, 0.15) is 12.4 Å². The number of aliphatic hydroxyl groups excluding tert-OH is 1. The van der Waals surface area contributed by atoms with Crippen LogP contribution in [0.15, 0.2) is 18.2 Å². The van der Waals surface area contributed by atoms with Crippen LogP contribution >= 0.6 is 0 Å². The molecule has 2 nitrogen and oxygen atoms in total. The van der Waals surface area contributed by atoms with Crippen molar-refractivity contribution in [1.82, 2.24) is 4.90 Å². The topological polar surface area (TPSA) is 23.5 Å². The first kappa shape index (κ1) is 15.0. The van der Waals surface area contributed by atoms with E-state index in [-0.39, 0.29) is 12.4 Å². The minimum Gasteiger partial charge on any atom is -0.384 e. The summed E-state index contributed by atoms with van der Waals surface area (Å²) in [7, 11) is 0. The van der Waals surface area contributed by atoms with Gasteiger partial charge in [-0.15, -0.1) is 0 Å². The van der Waals surface area contributed by atoms with Crippen LogP contribution in [0.5, 0.6) is 0 Å². The molecule has 108 valence electrons. The Morgan fingerprint density at radius 2 is 2.20 bits per heavy atom. The van der Waals surface area contributed by atoms with Crippen molar-refractivity contribution in [1.29, 1.82) is 0 Å². The van der Waals surface area contributed by atoms with Gasteiger partial charge in [0.2, 0.25) is 0 Å². The van der Waals surface area contributed by atoms with E-state index in [2.05, 4.69) is 30.6 Å². The van der Waals surface area contributed by atoms with Gasteiger partial charge in [0, 0.05) is 23.7 Å². The Morgan fingerprint density at radius 1 is 1.40 bits per heavy atom. The lowest BCUT2D eigenvalue weighted by atomic mass is 9.93. The van der Waals surface area contributed by atoms with Crippen molar-refractivity contribution >= 4 is 0 Å². The van der Waals surface area contributed by atoms with Crippen molar-refractivity contribution < 1.29 is 9.50 Å². The fourth-order valence-corrected chi connectivity index (χ4v) is 2.80. The first-order valence-corrected chi connectivity index (χ1v) is 7.22. The fourth-order valence-electron chi connectivity index (χ4n) is 2.80. The highest BCUT2D eigenvalue weighted by Crippen LogP contribution is 2.24. The average molecular weight is 275 g/mol. The number of rotatable bonds is 2. The third-order valence-corrected chi connectivity index (χ3v) is 4.01. The second-order valence-electron chi connectivity index (χ2n) is 5.72. The summed E-state index contributed by atoms with van der Waals surface area (Å²) in [6.45, 7) is 5.99. The minimum atomic E-state index is -0.208. The quantitative estimate of drug-likeness (QED) is 0.839. The Labute approximate surface area is 120 Å². The van der Waals surface area contributed by atoms with Crippen molar-refractivity contribution in [2.75, 3.05) is 13.2 Å². The smallest absolute Gasteiger partial charge is 0.128 e. The molecule has 0 aromatic heterocycles. The molecule has 1 N–H and O–H groups in total. The molecular weight excluding hydrogens is 253 g/mol. The Bertz CT molecular complexity index is 517. The van der Waals surface area contributed by atoms with Crippen LogP contribution in [0.3, 0.4) is 0 Å². The first-order chi connectivity index (χ1) is 9.60. The van der Waals surface area contributed by atoms with Gasteiger partial charge in [-0.1, -0.05) is 24.8 Å². The summed E-state index contributed by atoms with van der Waals surface area (Å²) < 4.78 is 14.1. The van der Waals surface area contributed by atoms with E-state index >= 15 is 0 Å². The normalized spacial score (nSPS) is 23.2. The predicted octanol–water partition coefficient (Wildman–Crippen LogP) is 2.79. The molecule has 1 saturated heterocycles. The van der Waals surface area contributed by atoms with Crippen LogP contribution < -0.4 is 0 Å². The first-order valence-electron chi connectivity index (χ1n) is 7.22. The monoisotopic (exact) mass is 275 g/mol. The van der Waals surface area contributed by atoms with Crippen LogP contribution in [0.2, 0.25) is 0 Å². The standard InChI is InChI=1S/C17H22FNO/c1-13-7-8-19(14(2)10-13)12-16-6-5-15(4-3-9-20)11-17(16)18/h5-6,11,13-14,20H,7-10,12H2,1-2H3. The Balaban J connectivity index is 2.06. The number of hydrogen-bond donors (Lipinski definition) is 1. The van der Waals surface area contributed by atoms with Gasteiger partial charge in [-0.2, -0.15) is 0 Å². The highest BCUT2D eigenvalue weighted by Gasteiger charge is 2.23. The number of benzene rings is 1. The predicted molar refractivity (Wildman–Crippen MR) is 78.6 cm³/mol. The number of halogens is 1. The van der Waals surface area contributed by atoms with Gasteiger partial charge in [-0.25, -0.2) is 4.39 Å². The van der Waals surface area contributed by atoms with Gasteiger partial charge < -0.3 is 5.11 Å². The molecule has 1 aliphatic heterocycles. The molecule has 0 spiro atoms. The largest absolute Gasteiger partial charge is 0.384 e. The fraction of sp³-hybridized carbons (Fsp3) is 0.529. The number of likely N-dealkylation sites (tertiary alicyclic amines) is 1. The van der Waals surface area contributed by atoms with Gasteiger partial charge in [-0.05, 0) is 44.4 Å². The third kappa shape index (κ3) is 3.82. The molecule has 1 aromatic carbocycles. The lowest BCUT2D eigenvalue weighted by Gasteiger charge is -2.36. The van der Waals surface area contributed by atoms with E-state index in [9.17, 15) is 4.39 Å². The van der Waals surface area contributed by atoms with E-state index in [1.807, 2.05) is 12.1 Å². The number of nitrogens with zero attached hydrogens (tertiary/aromatic N) is 1. The summed E-state index contributed by atoms with van der Waals surface area (Å²) in [6, 6.07) is 5.58.